The predicted octanol–water partition coefficient (Wildman–Crippen LogP) is 10.0. The normalized spacial score (nSPS) is 12.4. The van der Waals surface area contributed by atoms with Gasteiger partial charge in [0.05, 0.1) is 29.0 Å². The summed E-state index contributed by atoms with van der Waals surface area (Å²) in [6.07, 6.45) is 6.20. The molecule has 6 heterocycles. The fourth-order valence-corrected chi connectivity index (χ4v) is 9.08. The molecular weight excluding hydrogens is 975 g/mol. The highest BCUT2D eigenvalue weighted by atomic mass is 28.3. The van der Waals surface area contributed by atoms with E-state index in [2.05, 4.69) is 79.2 Å². The number of aromatic carboxylic acids is 1. The van der Waals surface area contributed by atoms with Gasteiger partial charge in [-0.2, -0.15) is 27.8 Å². The Labute approximate surface area is 414 Å². The van der Waals surface area contributed by atoms with Crippen LogP contribution in [-0.2, 0) is 37.0 Å². The molecule has 384 valence electrons. The average Bonchev–Trinajstić information content (AvgIpc) is 4.02. The standard InChI is InChI=1S/C26H34F2N6O3Si.C22H25F2N5O4Si/c1-26(2,3)31-24(35)18-14-34(15-36-10-11-38(5,6)7)23-22(18)30-19(13-29-23)21-17-12-16(37-25(27)28)8-9-20(17)33(4)32-21;1-28-17-6-5-13(33-22(23)24)9-14(17)18(27-28)16-10-25-20-19(26-16)15(21(30)31)11-29(20)12-32-7-8-34(2,3)4/h8-9,12-14,25H,10-11,15H2,1-7H3,(H,31,35);5-6,9-11,22H,7-8,12H2,1-4H3,(H,30,31). The number of fused-ring (bicyclic) bond motifs is 4. The lowest BCUT2D eigenvalue weighted by Gasteiger charge is -2.20. The SMILES string of the molecule is Cn1nc(-c2cnc3c(n2)c(C(=O)NC(C)(C)C)cn3COCC[Si](C)(C)C)c2cc(OC(F)F)ccc21.Cn1nc(-c2cnc3c(n2)c(C(=O)O)cn3COCC[Si](C)(C)C)c2cc(OC(F)F)ccc21. The van der Waals surface area contributed by atoms with Crippen molar-refractivity contribution in [2.75, 3.05) is 13.2 Å². The minimum Gasteiger partial charge on any atom is -0.478 e. The maximum atomic E-state index is 13.2. The molecule has 6 aromatic heterocycles. The Morgan fingerprint density at radius 1 is 0.681 bits per heavy atom. The molecule has 0 saturated carbocycles. The van der Waals surface area contributed by atoms with Gasteiger partial charge in [0.15, 0.2) is 11.3 Å². The van der Waals surface area contributed by atoms with Gasteiger partial charge < -0.3 is 38.5 Å². The van der Waals surface area contributed by atoms with Crippen LogP contribution in [0.1, 0.15) is 41.5 Å². The Balaban J connectivity index is 0.000000213. The Hall–Kier alpha value is -6.77. The first kappa shape index (κ1) is 53.0. The van der Waals surface area contributed by atoms with E-state index in [0.29, 0.717) is 80.2 Å². The quantitative estimate of drug-likeness (QED) is 0.0468. The number of carbonyl (C=O) groups excluding carboxylic acids is 1. The number of nitrogens with one attached hydrogen (secondary N) is 1. The summed E-state index contributed by atoms with van der Waals surface area (Å²) in [6, 6.07) is 11.1. The van der Waals surface area contributed by atoms with Crippen LogP contribution in [0.25, 0.3) is 66.9 Å². The number of amides is 1. The van der Waals surface area contributed by atoms with E-state index in [0.717, 1.165) is 12.1 Å². The van der Waals surface area contributed by atoms with Crippen molar-refractivity contribution in [3.05, 3.63) is 72.3 Å². The molecule has 18 nitrogen and oxygen atoms in total. The van der Waals surface area contributed by atoms with Gasteiger partial charge >= 0.3 is 19.2 Å². The molecule has 0 fully saturated rings. The molecule has 72 heavy (non-hydrogen) atoms. The van der Waals surface area contributed by atoms with Crippen LogP contribution in [0.3, 0.4) is 0 Å². The molecule has 8 rings (SSSR count). The second-order valence-electron chi connectivity index (χ2n) is 20.6. The Bertz CT molecular complexity index is 3260. The monoisotopic (exact) mass is 1030 g/mol. The number of nitrogens with zero attached hydrogens (tertiary/aromatic N) is 10. The van der Waals surface area contributed by atoms with Gasteiger partial charge in [-0.15, -0.1) is 0 Å². The summed E-state index contributed by atoms with van der Waals surface area (Å²) in [5.74, 6) is -1.43. The Morgan fingerprint density at radius 3 is 1.49 bits per heavy atom. The molecule has 0 unspecified atom stereocenters. The lowest BCUT2D eigenvalue weighted by molar-refractivity contribution is -0.0504. The van der Waals surface area contributed by atoms with Crippen LogP contribution in [0, 0.1) is 0 Å². The number of aryl methyl sites for hydroxylation is 2. The Morgan fingerprint density at radius 2 is 1.10 bits per heavy atom. The fraction of sp³-hybridized carbons (Fsp3) is 0.417. The second kappa shape index (κ2) is 21.1. The summed E-state index contributed by atoms with van der Waals surface area (Å²) >= 11 is 0. The minimum absolute atomic E-state index is 0.0138. The number of ether oxygens (including phenoxy) is 4. The summed E-state index contributed by atoms with van der Waals surface area (Å²) < 4.78 is 78.4. The van der Waals surface area contributed by atoms with E-state index in [4.69, 9.17) is 14.5 Å². The molecule has 24 heteroatoms. The van der Waals surface area contributed by atoms with Gasteiger partial charge in [-0.1, -0.05) is 39.3 Å². The highest BCUT2D eigenvalue weighted by Gasteiger charge is 2.25. The first-order valence-corrected chi connectivity index (χ1v) is 30.4. The van der Waals surface area contributed by atoms with Gasteiger partial charge in [0.2, 0.25) is 0 Å². The van der Waals surface area contributed by atoms with Crippen molar-refractivity contribution in [3.8, 4) is 34.3 Å². The van der Waals surface area contributed by atoms with Gasteiger partial charge in [0.25, 0.3) is 5.91 Å². The lowest BCUT2D eigenvalue weighted by Crippen LogP contribution is -2.40. The summed E-state index contributed by atoms with van der Waals surface area (Å²) in [5, 5.41) is 22.8. The number of aromatic nitrogens is 10. The fourth-order valence-electron chi connectivity index (χ4n) is 7.56. The van der Waals surface area contributed by atoms with Gasteiger partial charge in [-0.25, -0.2) is 24.7 Å². The summed E-state index contributed by atoms with van der Waals surface area (Å²) in [6.45, 7) is 15.0. The second-order valence-corrected chi connectivity index (χ2v) is 31.9. The van der Waals surface area contributed by atoms with Crippen molar-refractivity contribution in [1.82, 2.24) is 53.9 Å². The van der Waals surface area contributed by atoms with E-state index in [-0.39, 0.29) is 41.9 Å². The summed E-state index contributed by atoms with van der Waals surface area (Å²) in [7, 11) is 0.953. The number of alkyl halides is 4. The maximum absolute atomic E-state index is 13.2. The molecule has 0 aliphatic rings. The van der Waals surface area contributed by atoms with Crippen LogP contribution >= 0.6 is 0 Å². The zero-order chi connectivity index (χ0) is 52.4. The predicted molar refractivity (Wildman–Crippen MR) is 270 cm³/mol. The first-order chi connectivity index (χ1) is 33.7. The van der Waals surface area contributed by atoms with Gasteiger partial charge in [0.1, 0.15) is 64.3 Å². The van der Waals surface area contributed by atoms with E-state index in [1.165, 1.54) is 36.7 Å². The lowest BCUT2D eigenvalue weighted by atomic mass is 10.1. The van der Waals surface area contributed by atoms with Gasteiger partial charge in [0, 0.05) is 72.2 Å². The molecule has 2 N–H and O–H groups in total. The zero-order valence-corrected chi connectivity index (χ0v) is 44.1. The number of carboxylic acid groups (broad SMARTS) is 1. The molecule has 0 aliphatic carbocycles. The zero-order valence-electron chi connectivity index (χ0n) is 42.1. The van der Waals surface area contributed by atoms with Crippen LogP contribution in [0.5, 0.6) is 11.5 Å². The molecule has 0 aliphatic heterocycles. The molecular formula is C48H59F4N11O7Si2. The van der Waals surface area contributed by atoms with Crippen LogP contribution in [0.4, 0.5) is 17.6 Å². The van der Waals surface area contributed by atoms with Crippen molar-refractivity contribution in [2.24, 2.45) is 14.1 Å². The topological polar surface area (TPSA) is 200 Å². The number of hydrogen-bond donors (Lipinski definition) is 2. The summed E-state index contributed by atoms with van der Waals surface area (Å²) in [5.41, 5.74) is 4.27. The number of halogens is 4. The van der Waals surface area contributed by atoms with E-state index < -0.39 is 40.9 Å². The molecule has 0 bridgehead atoms. The first-order valence-electron chi connectivity index (χ1n) is 23.0. The third-order valence-corrected chi connectivity index (χ3v) is 14.5. The smallest absolute Gasteiger partial charge is 0.387 e. The average molecular weight is 1030 g/mol. The third kappa shape index (κ3) is 12.8. The number of benzene rings is 2. The molecule has 0 spiro atoms. The van der Waals surface area contributed by atoms with Gasteiger partial charge in [-0.3, -0.25) is 14.2 Å². The number of carboxylic acids is 1. The minimum atomic E-state index is -2.96. The van der Waals surface area contributed by atoms with Crippen LogP contribution in [0.2, 0.25) is 51.4 Å². The maximum Gasteiger partial charge on any atom is 0.387 e. The van der Waals surface area contributed by atoms with E-state index in [9.17, 15) is 32.3 Å². The van der Waals surface area contributed by atoms with Crippen molar-refractivity contribution >= 4 is 72.2 Å². The highest BCUT2D eigenvalue weighted by molar-refractivity contribution is 6.76. The van der Waals surface area contributed by atoms with Crippen molar-refractivity contribution in [2.45, 2.75) is 104 Å². The largest absolute Gasteiger partial charge is 0.478 e. The number of carbonyl (C=O) groups is 2. The highest BCUT2D eigenvalue weighted by Crippen LogP contribution is 2.33. The summed E-state index contributed by atoms with van der Waals surface area (Å²) in [4.78, 5) is 43.5. The van der Waals surface area contributed by atoms with E-state index in [1.807, 2.05) is 20.8 Å². The third-order valence-electron chi connectivity index (χ3n) is 11.1. The molecule has 0 atom stereocenters. The van der Waals surface area contributed by atoms with Crippen LogP contribution in [0.15, 0.2) is 61.2 Å². The van der Waals surface area contributed by atoms with Crippen molar-refractivity contribution in [1.29, 1.82) is 0 Å². The van der Waals surface area contributed by atoms with Crippen molar-refractivity contribution in [3.63, 3.8) is 0 Å². The van der Waals surface area contributed by atoms with Crippen LogP contribution in [-0.4, -0.2) is 114 Å². The molecule has 1 amide bonds. The van der Waals surface area contributed by atoms with Crippen LogP contribution < -0.4 is 14.8 Å². The molecule has 8 aromatic rings. The van der Waals surface area contributed by atoms with Gasteiger partial charge in [-0.05, 0) is 69.3 Å². The van der Waals surface area contributed by atoms with E-state index in [1.54, 1.807) is 57.1 Å². The van der Waals surface area contributed by atoms with Crippen molar-refractivity contribution < 1.29 is 51.2 Å². The number of hydrogen-bond acceptors (Lipinski definition) is 12. The van der Waals surface area contributed by atoms with E-state index >= 15 is 0 Å². The molecule has 0 saturated heterocycles. The molecule has 0 radical (unpaired) electrons. The Kier molecular flexibility index (Phi) is 15.6. The number of rotatable bonds is 18. The molecule has 2 aromatic carbocycles.